The Labute approximate surface area is 159 Å². The Hall–Kier alpha value is -2.47. The van der Waals surface area contributed by atoms with Crippen molar-refractivity contribution in [2.75, 3.05) is 0 Å². The second-order valence-electron chi connectivity index (χ2n) is 8.10. The highest BCUT2D eigenvalue weighted by atomic mass is 15.3. The third-order valence-electron chi connectivity index (χ3n) is 5.99. The minimum atomic E-state index is 0.407. The third kappa shape index (κ3) is 2.98. The van der Waals surface area contributed by atoms with Gasteiger partial charge in [0.2, 0.25) is 0 Å². The van der Waals surface area contributed by atoms with Crippen molar-refractivity contribution in [2.24, 2.45) is 0 Å². The van der Waals surface area contributed by atoms with Gasteiger partial charge in [-0.05, 0) is 26.7 Å². The van der Waals surface area contributed by atoms with Gasteiger partial charge in [-0.25, -0.2) is 0 Å². The van der Waals surface area contributed by atoms with Crippen LogP contribution in [0.4, 0.5) is 0 Å². The lowest BCUT2D eigenvalue weighted by atomic mass is 10.1. The van der Waals surface area contributed by atoms with Crippen molar-refractivity contribution in [3.63, 3.8) is 0 Å². The largest absolute Gasteiger partial charge is 0.309 e. The quantitative estimate of drug-likeness (QED) is 0.714. The number of rotatable bonds is 4. The summed E-state index contributed by atoms with van der Waals surface area (Å²) in [6.07, 6.45) is 7.70. The molecule has 2 aromatic heterocycles. The summed E-state index contributed by atoms with van der Waals surface area (Å²) in [5, 5.41) is 13.6. The maximum absolute atomic E-state index is 4.55. The number of fused-ring (bicyclic) bond motifs is 3. The van der Waals surface area contributed by atoms with Gasteiger partial charge in [-0.15, -0.1) is 10.2 Å². The van der Waals surface area contributed by atoms with Crippen molar-refractivity contribution in [2.45, 2.75) is 64.3 Å². The molecule has 5 rings (SSSR count). The molecule has 2 aliphatic heterocycles. The molecule has 27 heavy (non-hydrogen) atoms. The average Bonchev–Trinajstić information content (AvgIpc) is 3.35. The first kappa shape index (κ1) is 16.7. The van der Waals surface area contributed by atoms with Crippen LogP contribution in [0.5, 0.6) is 0 Å². The van der Waals surface area contributed by atoms with E-state index in [0.29, 0.717) is 18.1 Å². The fraction of sp³-hybridized carbons (Fsp3) is 0.476. The molecule has 2 unspecified atom stereocenters. The average molecular weight is 362 g/mol. The van der Waals surface area contributed by atoms with Crippen LogP contribution in [0.25, 0.3) is 11.4 Å². The first-order valence-corrected chi connectivity index (χ1v) is 9.95. The van der Waals surface area contributed by atoms with E-state index in [2.05, 4.69) is 73.8 Å². The smallest absolute Gasteiger partial charge is 0.164 e. The predicted octanol–water partition coefficient (Wildman–Crippen LogP) is 3.31. The summed E-state index contributed by atoms with van der Waals surface area (Å²) in [7, 11) is 0. The molecule has 0 saturated carbocycles. The van der Waals surface area contributed by atoms with Gasteiger partial charge in [0.15, 0.2) is 5.82 Å². The van der Waals surface area contributed by atoms with E-state index in [1.807, 2.05) is 12.3 Å². The summed E-state index contributed by atoms with van der Waals surface area (Å²) >= 11 is 0. The van der Waals surface area contributed by atoms with Crippen LogP contribution < -0.4 is 0 Å². The van der Waals surface area contributed by atoms with E-state index in [1.54, 1.807) is 0 Å². The van der Waals surface area contributed by atoms with Crippen molar-refractivity contribution < 1.29 is 0 Å². The molecule has 0 amide bonds. The first-order valence-electron chi connectivity index (χ1n) is 9.95. The molecule has 0 N–H and O–H groups in total. The van der Waals surface area contributed by atoms with Crippen LogP contribution in [0, 0.1) is 0 Å². The molecular formula is C21H26N6. The van der Waals surface area contributed by atoms with Crippen molar-refractivity contribution >= 4 is 0 Å². The van der Waals surface area contributed by atoms with Gasteiger partial charge < -0.3 is 4.57 Å². The van der Waals surface area contributed by atoms with Gasteiger partial charge in [0.25, 0.3) is 0 Å². The van der Waals surface area contributed by atoms with Crippen LogP contribution in [0.3, 0.4) is 0 Å². The van der Waals surface area contributed by atoms with Crippen molar-refractivity contribution in [1.29, 1.82) is 0 Å². The van der Waals surface area contributed by atoms with Gasteiger partial charge >= 0.3 is 0 Å². The third-order valence-corrected chi connectivity index (χ3v) is 5.99. The summed E-state index contributed by atoms with van der Waals surface area (Å²) < 4.78 is 4.40. The summed E-state index contributed by atoms with van der Waals surface area (Å²) in [5.74, 6) is 2.13. The van der Waals surface area contributed by atoms with E-state index in [1.165, 1.54) is 18.4 Å². The highest BCUT2D eigenvalue weighted by Gasteiger charge is 2.38. The molecule has 1 fully saturated rings. The van der Waals surface area contributed by atoms with Crippen LogP contribution in [0.2, 0.25) is 0 Å². The van der Waals surface area contributed by atoms with E-state index in [0.717, 1.165) is 36.7 Å². The van der Waals surface area contributed by atoms with Crippen LogP contribution in [-0.2, 0) is 19.5 Å². The SMILES string of the molecule is CC(C)n1cc(CN2C3CCC2Cn2c(nnc2-c2ccccc2)C3)cn1. The second-order valence-corrected chi connectivity index (χ2v) is 8.10. The predicted molar refractivity (Wildman–Crippen MR) is 104 cm³/mol. The Kier molecular flexibility index (Phi) is 4.08. The Balaban J connectivity index is 1.41. The topological polar surface area (TPSA) is 51.8 Å². The molecule has 6 heteroatoms. The van der Waals surface area contributed by atoms with Gasteiger partial charge in [0.05, 0.1) is 6.20 Å². The second kappa shape index (κ2) is 6.60. The van der Waals surface area contributed by atoms with Crippen molar-refractivity contribution in [3.8, 4) is 11.4 Å². The lowest BCUT2D eigenvalue weighted by molar-refractivity contribution is 0.180. The summed E-state index contributed by atoms with van der Waals surface area (Å²) in [6.45, 7) is 6.29. The molecule has 0 aliphatic carbocycles. The lowest BCUT2D eigenvalue weighted by Gasteiger charge is -2.27. The fourth-order valence-corrected chi connectivity index (χ4v) is 4.54. The Morgan fingerprint density at radius 2 is 1.89 bits per heavy atom. The zero-order valence-corrected chi connectivity index (χ0v) is 16.0. The number of aromatic nitrogens is 5. The molecule has 2 atom stereocenters. The normalized spacial score (nSPS) is 22.2. The van der Waals surface area contributed by atoms with E-state index in [-0.39, 0.29) is 0 Å². The van der Waals surface area contributed by atoms with Gasteiger partial charge in [-0.1, -0.05) is 30.3 Å². The van der Waals surface area contributed by atoms with Gasteiger partial charge in [-0.2, -0.15) is 5.10 Å². The van der Waals surface area contributed by atoms with E-state index in [9.17, 15) is 0 Å². The monoisotopic (exact) mass is 362 g/mol. The molecule has 6 nitrogen and oxygen atoms in total. The minimum absolute atomic E-state index is 0.407. The lowest BCUT2D eigenvalue weighted by Crippen LogP contribution is -2.36. The molecular weight excluding hydrogens is 336 g/mol. The highest BCUT2D eigenvalue weighted by Crippen LogP contribution is 2.34. The van der Waals surface area contributed by atoms with Crippen LogP contribution in [0.1, 0.15) is 44.1 Å². The molecule has 1 aromatic carbocycles. The zero-order valence-electron chi connectivity index (χ0n) is 16.0. The fourth-order valence-electron chi connectivity index (χ4n) is 4.54. The van der Waals surface area contributed by atoms with E-state index < -0.39 is 0 Å². The Morgan fingerprint density at radius 3 is 2.67 bits per heavy atom. The molecule has 3 aromatic rings. The van der Waals surface area contributed by atoms with E-state index in [4.69, 9.17) is 0 Å². The molecule has 2 bridgehead atoms. The summed E-state index contributed by atoms with van der Waals surface area (Å²) in [4.78, 5) is 2.67. The Bertz CT molecular complexity index is 925. The maximum atomic E-state index is 4.55. The van der Waals surface area contributed by atoms with E-state index >= 15 is 0 Å². The van der Waals surface area contributed by atoms with Gasteiger partial charge in [0.1, 0.15) is 5.82 Å². The van der Waals surface area contributed by atoms with Gasteiger partial charge in [0, 0.05) is 55.0 Å². The Morgan fingerprint density at radius 1 is 1.07 bits per heavy atom. The van der Waals surface area contributed by atoms with Crippen molar-refractivity contribution in [3.05, 3.63) is 54.1 Å². The molecule has 0 radical (unpaired) electrons. The molecule has 140 valence electrons. The van der Waals surface area contributed by atoms with Crippen LogP contribution >= 0.6 is 0 Å². The minimum Gasteiger partial charge on any atom is -0.309 e. The van der Waals surface area contributed by atoms with Crippen LogP contribution in [-0.4, -0.2) is 41.5 Å². The zero-order chi connectivity index (χ0) is 18.4. The van der Waals surface area contributed by atoms with Gasteiger partial charge in [-0.3, -0.25) is 9.58 Å². The number of benzene rings is 1. The van der Waals surface area contributed by atoms with Crippen LogP contribution in [0.15, 0.2) is 42.7 Å². The number of nitrogens with zero attached hydrogens (tertiary/aromatic N) is 6. The highest BCUT2D eigenvalue weighted by molar-refractivity contribution is 5.55. The number of hydrogen-bond acceptors (Lipinski definition) is 4. The standard InChI is InChI=1S/C21H26N6/c1-15(2)27-13-16(11-22-27)12-25-18-8-9-19(25)14-26-20(10-18)23-24-21(26)17-6-4-3-5-7-17/h3-7,11,13,15,18-19H,8-10,12,14H2,1-2H3. The maximum Gasteiger partial charge on any atom is 0.164 e. The molecule has 1 saturated heterocycles. The van der Waals surface area contributed by atoms with Crippen molar-refractivity contribution in [1.82, 2.24) is 29.4 Å². The first-order chi connectivity index (χ1) is 13.2. The molecule has 4 heterocycles. The summed E-state index contributed by atoms with van der Waals surface area (Å²) in [5.41, 5.74) is 2.46. The molecule has 0 spiro atoms. The molecule has 2 aliphatic rings. The summed E-state index contributed by atoms with van der Waals surface area (Å²) in [6, 6.07) is 11.9. The number of hydrogen-bond donors (Lipinski definition) is 0.